The minimum Gasteiger partial charge on any atom is -0.497 e. The topological polar surface area (TPSA) is 96.0 Å². The van der Waals surface area contributed by atoms with E-state index in [1.54, 1.807) is 31.4 Å². The highest BCUT2D eigenvalue weighted by atomic mass is 19.1. The van der Waals surface area contributed by atoms with Gasteiger partial charge in [0.25, 0.3) is 0 Å². The number of halogens is 1. The van der Waals surface area contributed by atoms with E-state index < -0.39 is 23.9 Å². The third-order valence-corrected chi connectivity index (χ3v) is 6.62. The van der Waals surface area contributed by atoms with Crippen LogP contribution >= 0.6 is 0 Å². The number of carbonyl (C=O) groups is 4. The lowest BCUT2D eigenvalue weighted by molar-refractivity contribution is -0.140. The fourth-order valence-electron chi connectivity index (χ4n) is 4.79. The maximum Gasteiger partial charge on any atom is 0.325 e. The summed E-state index contributed by atoms with van der Waals surface area (Å²) in [5, 5.41) is 2.15. The van der Waals surface area contributed by atoms with E-state index in [0.717, 1.165) is 10.5 Å². The number of urea groups is 1. The van der Waals surface area contributed by atoms with Crippen molar-refractivity contribution in [1.82, 2.24) is 15.1 Å². The number of nitrogens with zero attached hydrogens (tertiary/aromatic N) is 2. The first-order chi connectivity index (χ1) is 17.0. The molecule has 1 saturated heterocycles. The highest BCUT2D eigenvalue weighted by Gasteiger charge is 2.38. The third-order valence-electron chi connectivity index (χ3n) is 6.62. The van der Waals surface area contributed by atoms with Gasteiger partial charge in [-0.2, -0.15) is 0 Å². The van der Waals surface area contributed by atoms with Crippen LogP contribution in [0.5, 0.6) is 5.75 Å². The molecule has 0 unspecified atom stereocenters. The zero-order valence-corrected chi connectivity index (χ0v) is 20.9. The fourth-order valence-corrected chi connectivity index (χ4v) is 4.79. The van der Waals surface area contributed by atoms with Crippen LogP contribution in [0.15, 0.2) is 36.4 Å². The SMILES string of the molecule is COc1ccc2c(c1)CCN(C(=O)CN1CC(=O)NC1=O)[C@H]2C(=O)Cc1ccc(C(C)(C)C)c(F)c1. The highest BCUT2D eigenvalue weighted by molar-refractivity contribution is 6.03. The molecule has 0 bridgehead atoms. The van der Waals surface area contributed by atoms with E-state index in [0.29, 0.717) is 28.9 Å². The van der Waals surface area contributed by atoms with Gasteiger partial charge in [-0.15, -0.1) is 0 Å². The van der Waals surface area contributed by atoms with Crippen LogP contribution in [0.2, 0.25) is 0 Å². The second-order valence-corrected chi connectivity index (χ2v) is 10.2. The van der Waals surface area contributed by atoms with Crippen LogP contribution in [-0.2, 0) is 32.6 Å². The van der Waals surface area contributed by atoms with Crippen LogP contribution in [0.25, 0.3) is 0 Å². The summed E-state index contributed by atoms with van der Waals surface area (Å²) >= 11 is 0. The van der Waals surface area contributed by atoms with Crippen LogP contribution in [0.3, 0.4) is 0 Å². The standard InChI is InChI=1S/C27H30FN3O5/c1-27(2,3)20-8-5-16(11-21(20)28)12-22(32)25-19-7-6-18(36-4)13-17(19)9-10-31(25)24(34)15-30-14-23(33)29-26(30)35/h5-8,11,13,25H,9-10,12,14-15H2,1-4H3,(H,29,33,35)/t25-/m1/s1. The Morgan fingerprint density at radius 2 is 1.89 bits per heavy atom. The molecule has 1 fully saturated rings. The molecule has 0 aromatic heterocycles. The number of ketones is 1. The van der Waals surface area contributed by atoms with Crippen molar-refractivity contribution >= 4 is 23.6 Å². The predicted octanol–water partition coefficient (Wildman–Crippen LogP) is 2.92. The lowest BCUT2D eigenvalue weighted by atomic mass is 9.85. The number of rotatable bonds is 6. The molecule has 4 rings (SSSR count). The van der Waals surface area contributed by atoms with Gasteiger partial charge in [0.05, 0.1) is 7.11 Å². The maximum atomic E-state index is 14.8. The Labute approximate surface area is 209 Å². The monoisotopic (exact) mass is 495 g/mol. The van der Waals surface area contributed by atoms with E-state index in [-0.39, 0.29) is 43.1 Å². The van der Waals surface area contributed by atoms with E-state index in [2.05, 4.69) is 5.32 Å². The lowest BCUT2D eigenvalue weighted by Crippen LogP contribution is -2.48. The first-order valence-corrected chi connectivity index (χ1v) is 11.8. The van der Waals surface area contributed by atoms with Gasteiger partial charge in [0, 0.05) is 13.0 Å². The molecule has 1 N–H and O–H groups in total. The van der Waals surface area contributed by atoms with E-state index in [9.17, 15) is 23.6 Å². The van der Waals surface area contributed by atoms with Gasteiger partial charge in [-0.25, -0.2) is 9.18 Å². The van der Waals surface area contributed by atoms with Crippen molar-refractivity contribution in [3.8, 4) is 5.75 Å². The molecule has 2 aliphatic heterocycles. The molecule has 9 heteroatoms. The van der Waals surface area contributed by atoms with Crippen LogP contribution in [0, 0.1) is 5.82 Å². The maximum absolute atomic E-state index is 14.8. The average Bonchev–Trinajstić information content (AvgIpc) is 3.13. The summed E-state index contributed by atoms with van der Waals surface area (Å²) in [4.78, 5) is 53.0. The van der Waals surface area contributed by atoms with Gasteiger partial charge in [-0.1, -0.05) is 39.0 Å². The molecule has 1 atom stereocenters. The minimum atomic E-state index is -0.904. The van der Waals surface area contributed by atoms with Crippen LogP contribution in [0.4, 0.5) is 9.18 Å². The number of methoxy groups -OCH3 is 1. The third kappa shape index (κ3) is 5.10. The molecule has 0 saturated carbocycles. The van der Waals surface area contributed by atoms with Crippen molar-refractivity contribution in [1.29, 1.82) is 0 Å². The Morgan fingerprint density at radius 3 is 2.50 bits per heavy atom. The largest absolute Gasteiger partial charge is 0.497 e. The van der Waals surface area contributed by atoms with Crippen molar-refractivity contribution < 1.29 is 28.3 Å². The molecule has 4 amide bonds. The van der Waals surface area contributed by atoms with Gasteiger partial charge >= 0.3 is 6.03 Å². The number of imide groups is 1. The molecule has 0 spiro atoms. The number of hydrogen-bond acceptors (Lipinski definition) is 5. The van der Waals surface area contributed by atoms with Gasteiger partial charge in [0.2, 0.25) is 11.8 Å². The molecule has 2 aromatic carbocycles. The number of fused-ring (bicyclic) bond motifs is 1. The number of carbonyl (C=O) groups excluding carboxylic acids is 4. The van der Waals surface area contributed by atoms with Gasteiger partial charge < -0.3 is 14.5 Å². The zero-order valence-electron chi connectivity index (χ0n) is 20.9. The second-order valence-electron chi connectivity index (χ2n) is 10.2. The number of Topliss-reactive ketones (excluding diaryl/α,β-unsaturated/α-hetero) is 1. The summed E-state index contributed by atoms with van der Waals surface area (Å²) < 4.78 is 20.1. The molecule has 2 heterocycles. The summed E-state index contributed by atoms with van der Waals surface area (Å²) in [6, 6.07) is 8.63. The van der Waals surface area contributed by atoms with Crippen LogP contribution in [0.1, 0.15) is 49.1 Å². The van der Waals surface area contributed by atoms with Gasteiger partial charge in [-0.05, 0) is 52.3 Å². The Kier molecular flexibility index (Phi) is 6.84. The molecule has 36 heavy (non-hydrogen) atoms. The Bertz CT molecular complexity index is 1240. The number of hydrogen-bond donors (Lipinski definition) is 1. The summed E-state index contributed by atoms with van der Waals surface area (Å²) in [7, 11) is 1.56. The van der Waals surface area contributed by atoms with E-state index in [1.165, 1.54) is 11.0 Å². The van der Waals surface area contributed by atoms with E-state index >= 15 is 0 Å². The zero-order chi connectivity index (χ0) is 26.2. The quantitative estimate of drug-likeness (QED) is 0.622. The second kappa shape index (κ2) is 9.72. The summed E-state index contributed by atoms with van der Waals surface area (Å²) in [6.45, 7) is 5.49. The molecule has 2 aliphatic rings. The Hall–Kier alpha value is -3.75. The van der Waals surface area contributed by atoms with Crippen molar-refractivity contribution in [2.45, 2.75) is 45.1 Å². The minimum absolute atomic E-state index is 0.0655. The summed E-state index contributed by atoms with van der Waals surface area (Å²) in [5.74, 6) is -0.906. The number of benzene rings is 2. The molecule has 2 aromatic rings. The number of amides is 4. The first-order valence-electron chi connectivity index (χ1n) is 11.8. The van der Waals surface area contributed by atoms with E-state index in [4.69, 9.17) is 4.74 Å². The van der Waals surface area contributed by atoms with E-state index in [1.807, 2.05) is 26.8 Å². The van der Waals surface area contributed by atoms with Gasteiger partial charge in [0.1, 0.15) is 30.7 Å². The van der Waals surface area contributed by atoms with Crippen LogP contribution < -0.4 is 10.1 Å². The molecule has 8 nitrogen and oxygen atoms in total. The average molecular weight is 496 g/mol. The van der Waals surface area contributed by atoms with Crippen LogP contribution in [-0.4, -0.2) is 60.2 Å². The molecular weight excluding hydrogens is 465 g/mol. The number of nitrogens with one attached hydrogen (secondary N) is 1. The van der Waals surface area contributed by atoms with Crippen molar-refractivity contribution in [2.24, 2.45) is 0 Å². The fraction of sp³-hybridized carbons (Fsp3) is 0.407. The molecular formula is C27H30FN3O5. The Balaban J connectivity index is 1.63. The van der Waals surface area contributed by atoms with Crippen molar-refractivity contribution in [2.75, 3.05) is 26.7 Å². The first kappa shape index (κ1) is 25.3. The number of ether oxygens (including phenoxy) is 1. The predicted molar refractivity (Wildman–Crippen MR) is 130 cm³/mol. The van der Waals surface area contributed by atoms with Crippen molar-refractivity contribution in [3.05, 3.63) is 64.5 Å². The summed E-state index contributed by atoms with van der Waals surface area (Å²) in [6.07, 6.45) is 0.437. The molecule has 0 aliphatic carbocycles. The van der Waals surface area contributed by atoms with Gasteiger partial charge in [-0.3, -0.25) is 19.7 Å². The van der Waals surface area contributed by atoms with Gasteiger partial charge in [0.15, 0.2) is 5.78 Å². The Morgan fingerprint density at radius 1 is 1.14 bits per heavy atom. The normalized spacial score (nSPS) is 17.6. The highest BCUT2D eigenvalue weighted by Crippen LogP contribution is 2.34. The van der Waals surface area contributed by atoms with Crippen molar-refractivity contribution in [3.63, 3.8) is 0 Å². The smallest absolute Gasteiger partial charge is 0.325 e. The summed E-state index contributed by atoms with van der Waals surface area (Å²) in [5.41, 5.74) is 2.27. The molecule has 190 valence electrons. The lowest BCUT2D eigenvalue weighted by Gasteiger charge is -2.37. The molecule has 0 radical (unpaired) electrons.